The van der Waals surface area contributed by atoms with Crippen molar-refractivity contribution >= 4 is 34.7 Å². The minimum Gasteiger partial charge on any atom is -0.301 e. The lowest BCUT2D eigenvalue weighted by atomic mass is 10.4. The summed E-state index contributed by atoms with van der Waals surface area (Å²) >= 11 is 9.51. The normalized spacial score (nSPS) is 18.2. The molecular weight excluding hydrogens is 248 g/mol. The van der Waals surface area contributed by atoms with Crippen molar-refractivity contribution in [3.8, 4) is 0 Å². The van der Waals surface area contributed by atoms with Gasteiger partial charge in [0.05, 0.1) is 16.6 Å². The van der Waals surface area contributed by atoms with E-state index in [9.17, 15) is 0 Å². The van der Waals surface area contributed by atoms with E-state index in [0.29, 0.717) is 5.88 Å². The van der Waals surface area contributed by atoms with Gasteiger partial charge in [-0.1, -0.05) is 0 Å². The Balaban J connectivity index is 1.76. The van der Waals surface area contributed by atoms with Crippen molar-refractivity contribution in [2.24, 2.45) is 0 Å². The van der Waals surface area contributed by atoms with Crippen molar-refractivity contribution in [1.82, 2.24) is 9.88 Å². The third-order valence-corrected chi connectivity index (χ3v) is 4.66. The molecule has 2 rings (SSSR count). The molecule has 1 saturated heterocycles. The third kappa shape index (κ3) is 3.63. The Hall–Kier alpha value is 0.230. The number of thiazole rings is 1. The molecule has 84 valence electrons. The monoisotopic (exact) mass is 262 g/mol. The molecule has 15 heavy (non-hydrogen) atoms. The molecule has 0 bridgehead atoms. The van der Waals surface area contributed by atoms with E-state index < -0.39 is 0 Å². The molecule has 2 heterocycles. The molecule has 1 fully saturated rings. The Bertz CT molecular complexity index is 297. The van der Waals surface area contributed by atoms with Crippen LogP contribution < -0.4 is 0 Å². The predicted octanol–water partition coefficient (Wildman–Crippen LogP) is 2.47. The highest BCUT2D eigenvalue weighted by molar-refractivity contribution is 7.99. The summed E-state index contributed by atoms with van der Waals surface area (Å²) in [5.74, 6) is 3.10. The molecule has 1 aromatic rings. The average Bonchev–Trinajstić information content (AvgIpc) is 2.76. The van der Waals surface area contributed by atoms with E-state index in [0.717, 1.165) is 18.7 Å². The Labute approximate surface area is 104 Å². The molecular formula is C10H15ClN2S2. The molecule has 1 aromatic heterocycles. The summed E-state index contributed by atoms with van der Waals surface area (Å²) in [6, 6.07) is 0. The van der Waals surface area contributed by atoms with Crippen LogP contribution in [0.4, 0.5) is 0 Å². The molecule has 5 heteroatoms. The summed E-state index contributed by atoms with van der Waals surface area (Å²) in [6.45, 7) is 3.62. The van der Waals surface area contributed by atoms with Crippen LogP contribution >= 0.6 is 34.7 Å². The molecule has 0 amide bonds. The first-order valence-corrected chi connectivity index (χ1v) is 7.74. The van der Waals surface area contributed by atoms with Gasteiger partial charge in [-0.15, -0.1) is 22.9 Å². The molecule has 0 atom stereocenters. The average molecular weight is 263 g/mol. The summed E-state index contributed by atoms with van der Waals surface area (Å²) in [4.78, 5) is 6.99. The van der Waals surface area contributed by atoms with Gasteiger partial charge in [-0.25, -0.2) is 4.98 Å². The van der Waals surface area contributed by atoms with E-state index in [1.54, 1.807) is 11.3 Å². The van der Waals surface area contributed by atoms with Crippen LogP contribution in [0.2, 0.25) is 0 Å². The highest BCUT2D eigenvalue weighted by Crippen LogP contribution is 2.14. The van der Waals surface area contributed by atoms with Gasteiger partial charge in [0.25, 0.3) is 0 Å². The molecule has 1 aliphatic heterocycles. The molecule has 0 unspecified atom stereocenters. The lowest BCUT2D eigenvalue weighted by Crippen LogP contribution is -2.34. The first kappa shape index (κ1) is 11.7. The van der Waals surface area contributed by atoms with Gasteiger partial charge in [-0.3, -0.25) is 0 Å². The first-order valence-electron chi connectivity index (χ1n) is 5.18. The van der Waals surface area contributed by atoms with Gasteiger partial charge in [-0.05, 0) is 0 Å². The van der Waals surface area contributed by atoms with Crippen molar-refractivity contribution in [3.63, 3.8) is 0 Å². The number of hydrogen-bond donors (Lipinski definition) is 0. The van der Waals surface area contributed by atoms with E-state index in [1.165, 1.54) is 29.6 Å². The number of rotatable bonds is 4. The van der Waals surface area contributed by atoms with Gasteiger partial charge in [0.15, 0.2) is 0 Å². The molecule has 0 spiro atoms. The first-order chi connectivity index (χ1) is 7.38. The molecule has 0 aliphatic carbocycles. The van der Waals surface area contributed by atoms with Gasteiger partial charge in [0, 0.05) is 42.9 Å². The molecule has 0 N–H and O–H groups in total. The molecule has 0 radical (unpaired) electrons. The van der Waals surface area contributed by atoms with Crippen LogP contribution in [-0.2, 0) is 12.3 Å². The maximum atomic E-state index is 5.72. The lowest BCUT2D eigenvalue weighted by Gasteiger charge is -2.25. The van der Waals surface area contributed by atoms with E-state index >= 15 is 0 Å². The second kappa shape index (κ2) is 6.09. The van der Waals surface area contributed by atoms with Gasteiger partial charge in [0.1, 0.15) is 0 Å². The number of thioether (sulfide) groups is 1. The van der Waals surface area contributed by atoms with Crippen LogP contribution in [0, 0.1) is 0 Å². The van der Waals surface area contributed by atoms with Crippen LogP contribution in [0.5, 0.6) is 0 Å². The highest BCUT2D eigenvalue weighted by Gasteiger charge is 2.10. The van der Waals surface area contributed by atoms with E-state index in [1.807, 2.05) is 0 Å². The zero-order valence-corrected chi connectivity index (χ0v) is 11.0. The maximum absolute atomic E-state index is 5.72. The van der Waals surface area contributed by atoms with Crippen molar-refractivity contribution in [2.75, 3.05) is 31.1 Å². The Morgan fingerprint density at radius 1 is 1.40 bits per heavy atom. The van der Waals surface area contributed by atoms with Crippen LogP contribution in [-0.4, -0.2) is 41.0 Å². The van der Waals surface area contributed by atoms with Crippen LogP contribution in [0.1, 0.15) is 10.7 Å². The molecule has 2 nitrogen and oxygen atoms in total. The summed E-state index contributed by atoms with van der Waals surface area (Å²) in [5.41, 5.74) is 1.02. The van der Waals surface area contributed by atoms with Gasteiger partial charge in [0.2, 0.25) is 0 Å². The third-order valence-electron chi connectivity index (χ3n) is 2.48. The highest BCUT2D eigenvalue weighted by atomic mass is 35.5. The minimum atomic E-state index is 0.539. The number of nitrogens with zero attached hydrogens (tertiary/aromatic N) is 2. The van der Waals surface area contributed by atoms with Crippen molar-refractivity contribution in [1.29, 1.82) is 0 Å². The van der Waals surface area contributed by atoms with Crippen LogP contribution in [0.15, 0.2) is 5.38 Å². The summed E-state index contributed by atoms with van der Waals surface area (Å²) in [5, 5.41) is 3.29. The summed E-state index contributed by atoms with van der Waals surface area (Å²) in [6.07, 6.45) is 1.08. The maximum Gasteiger partial charge on any atom is 0.0941 e. The fraction of sp³-hybridized carbons (Fsp3) is 0.700. The zero-order valence-electron chi connectivity index (χ0n) is 8.62. The second-order valence-corrected chi connectivity index (χ2v) is 6.00. The fourth-order valence-electron chi connectivity index (χ4n) is 1.60. The van der Waals surface area contributed by atoms with Gasteiger partial charge >= 0.3 is 0 Å². The quantitative estimate of drug-likeness (QED) is 0.776. The van der Waals surface area contributed by atoms with Gasteiger partial charge < -0.3 is 4.90 Å². The topological polar surface area (TPSA) is 16.1 Å². The van der Waals surface area contributed by atoms with E-state index in [-0.39, 0.29) is 0 Å². The van der Waals surface area contributed by atoms with Crippen molar-refractivity contribution in [2.45, 2.75) is 12.3 Å². The molecule has 0 aromatic carbocycles. The standard InChI is InChI=1S/C10H15ClN2S2/c11-7-9-8-15-10(12-9)1-2-13-3-5-14-6-4-13/h8H,1-7H2. The Morgan fingerprint density at radius 2 is 2.20 bits per heavy atom. The van der Waals surface area contributed by atoms with Crippen molar-refractivity contribution in [3.05, 3.63) is 16.1 Å². The van der Waals surface area contributed by atoms with E-state index in [4.69, 9.17) is 11.6 Å². The fourth-order valence-corrected chi connectivity index (χ4v) is 3.60. The SMILES string of the molecule is ClCc1csc(CCN2CCSCC2)n1. The minimum absolute atomic E-state index is 0.539. The largest absolute Gasteiger partial charge is 0.301 e. The molecule has 1 aliphatic rings. The number of hydrogen-bond acceptors (Lipinski definition) is 4. The van der Waals surface area contributed by atoms with Crippen molar-refractivity contribution < 1.29 is 0 Å². The number of halogens is 1. The number of aromatic nitrogens is 1. The zero-order chi connectivity index (χ0) is 10.5. The number of alkyl halides is 1. The predicted molar refractivity (Wildman–Crippen MR) is 69.1 cm³/mol. The van der Waals surface area contributed by atoms with Gasteiger partial charge in [-0.2, -0.15) is 11.8 Å². The Morgan fingerprint density at radius 3 is 2.87 bits per heavy atom. The van der Waals surface area contributed by atoms with Crippen LogP contribution in [0.25, 0.3) is 0 Å². The Kier molecular flexibility index (Phi) is 4.75. The smallest absolute Gasteiger partial charge is 0.0941 e. The van der Waals surface area contributed by atoms with Crippen LogP contribution in [0.3, 0.4) is 0 Å². The molecule has 0 saturated carbocycles. The second-order valence-electron chi connectivity index (χ2n) is 3.57. The summed E-state index contributed by atoms with van der Waals surface area (Å²) < 4.78 is 0. The summed E-state index contributed by atoms with van der Waals surface area (Å²) in [7, 11) is 0. The van der Waals surface area contributed by atoms with E-state index in [2.05, 4.69) is 27.0 Å². The lowest BCUT2D eigenvalue weighted by molar-refractivity contribution is 0.306.